The highest BCUT2D eigenvalue weighted by Gasteiger charge is 2.25. The Balaban J connectivity index is 2.66. The molecule has 0 spiro atoms. The fourth-order valence-electron chi connectivity index (χ4n) is 3.01. The van der Waals surface area contributed by atoms with Crippen molar-refractivity contribution in [3.8, 4) is 0 Å². The lowest BCUT2D eigenvalue weighted by Crippen LogP contribution is -3.10. The molecule has 2 aromatic rings. The van der Waals surface area contributed by atoms with Gasteiger partial charge in [-0.05, 0) is 27.2 Å². The van der Waals surface area contributed by atoms with Gasteiger partial charge in [-0.1, -0.05) is 13.3 Å². The molecule has 0 bridgehead atoms. The number of aromatic amines is 1. The molecule has 0 radical (unpaired) electrons. The molecule has 2 atom stereocenters. The van der Waals surface area contributed by atoms with E-state index in [1.165, 1.54) is 16.4 Å². The van der Waals surface area contributed by atoms with E-state index in [1.807, 2.05) is 0 Å². The number of Topliss-reactive ketones (excluding diaryl/α,β-unsaturated/α-hetero) is 1. The summed E-state index contributed by atoms with van der Waals surface area (Å²) in [5, 5.41) is 0. The van der Waals surface area contributed by atoms with Crippen molar-refractivity contribution in [3.63, 3.8) is 0 Å². The van der Waals surface area contributed by atoms with Gasteiger partial charge in [-0.2, -0.15) is 0 Å². The summed E-state index contributed by atoms with van der Waals surface area (Å²) < 4.78 is 3.01. The van der Waals surface area contributed by atoms with Gasteiger partial charge in [0.15, 0.2) is 22.8 Å². The van der Waals surface area contributed by atoms with Crippen molar-refractivity contribution >= 4 is 16.9 Å². The number of nitrogens with one attached hydrogen (secondary N) is 2. The summed E-state index contributed by atoms with van der Waals surface area (Å²) in [6.07, 6.45) is 2.21. The Labute approximate surface area is 146 Å². The van der Waals surface area contributed by atoms with Crippen LogP contribution in [0.15, 0.2) is 9.59 Å². The zero-order valence-electron chi connectivity index (χ0n) is 15.7. The molecule has 0 amide bonds. The molecular formula is C17H28N5O3+. The van der Waals surface area contributed by atoms with E-state index in [9.17, 15) is 14.4 Å². The molecular weight excluding hydrogens is 322 g/mol. The van der Waals surface area contributed by atoms with Crippen LogP contribution in [0.2, 0.25) is 0 Å². The highest BCUT2D eigenvalue weighted by atomic mass is 16.2. The van der Waals surface area contributed by atoms with Crippen molar-refractivity contribution in [1.82, 2.24) is 19.1 Å². The standard InChI is InChI=1S/C17H27N5O3/c1-6-8-9-21(7-2)10-13-18-15-14(22(13)11(3)12(4)23)16(24)19-17(25)20(15)5/h11H,6-10H2,1-5H3,(H,19,24,25)/p+1/t11-/m1/s1. The molecule has 1 unspecified atom stereocenters. The average molecular weight is 350 g/mol. The Morgan fingerprint density at radius 2 is 2.00 bits per heavy atom. The number of rotatable bonds is 8. The number of quaternary nitrogens is 1. The summed E-state index contributed by atoms with van der Waals surface area (Å²) in [6, 6.07) is -0.511. The molecule has 0 saturated carbocycles. The zero-order valence-corrected chi connectivity index (χ0v) is 15.7. The lowest BCUT2D eigenvalue weighted by Gasteiger charge is -2.19. The minimum absolute atomic E-state index is 0.0552. The minimum atomic E-state index is -0.511. The van der Waals surface area contributed by atoms with E-state index in [-0.39, 0.29) is 11.3 Å². The fraction of sp³-hybridized carbons (Fsp3) is 0.647. The predicted molar refractivity (Wildman–Crippen MR) is 96.0 cm³/mol. The molecule has 2 rings (SSSR count). The Morgan fingerprint density at radius 1 is 1.32 bits per heavy atom. The van der Waals surface area contributed by atoms with Crippen molar-refractivity contribution in [2.24, 2.45) is 7.05 Å². The number of nitrogens with zero attached hydrogens (tertiary/aromatic N) is 3. The zero-order chi connectivity index (χ0) is 18.7. The van der Waals surface area contributed by atoms with Crippen LogP contribution < -0.4 is 16.1 Å². The summed E-state index contributed by atoms with van der Waals surface area (Å²) in [5.74, 6) is 0.609. The van der Waals surface area contributed by atoms with Gasteiger partial charge in [0, 0.05) is 7.05 Å². The van der Waals surface area contributed by atoms with Crippen molar-refractivity contribution < 1.29 is 9.69 Å². The van der Waals surface area contributed by atoms with E-state index >= 15 is 0 Å². The number of unbranched alkanes of at least 4 members (excludes halogenated alkanes) is 1. The maximum absolute atomic E-state index is 12.4. The van der Waals surface area contributed by atoms with E-state index in [0.29, 0.717) is 18.0 Å². The molecule has 8 heteroatoms. The molecule has 2 aromatic heterocycles. The van der Waals surface area contributed by atoms with E-state index in [0.717, 1.165) is 25.9 Å². The number of imidazole rings is 1. The Morgan fingerprint density at radius 3 is 2.56 bits per heavy atom. The number of hydrogen-bond donors (Lipinski definition) is 2. The highest BCUT2D eigenvalue weighted by Crippen LogP contribution is 2.17. The SMILES string of the molecule is CCCC[NH+](CC)Cc1nc2c(c(=O)[nH]c(=O)n2C)n1[C@H](C)C(C)=O. The van der Waals surface area contributed by atoms with Gasteiger partial charge >= 0.3 is 5.69 Å². The molecule has 8 nitrogen and oxygen atoms in total. The molecule has 0 fully saturated rings. The number of fused-ring (bicyclic) bond motifs is 1. The van der Waals surface area contributed by atoms with Crippen molar-refractivity contribution in [3.05, 3.63) is 26.7 Å². The van der Waals surface area contributed by atoms with Crippen LogP contribution in [0.25, 0.3) is 11.2 Å². The smallest absolute Gasteiger partial charge is 0.329 e. The van der Waals surface area contributed by atoms with E-state index in [1.54, 1.807) is 18.5 Å². The maximum atomic E-state index is 12.4. The van der Waals surface area contributed by atoms with Crippen LogP contribution in [0.4, 0.5) is 0 Å². The van der Waals surface area contributed by atoms with Crippen molar-refractivity contribution in [1.29, 1.82) is 0 Å². The van der Waals surface area contributed by atoms with E-state index in [4.69, 9.17) is 0 Å². The average Bonchev–Trinajstić information content (AvgIpc) is 2.95. The molecule has 0 aliphatic rings. The van der Waals surface area contributed by atoms with Gasteiger partial charge in [0.2, 0.25) is 0 Å². The summed E-state index contributed by atoms with van der Waals surface area (Å²) in [7, 11) is 1.57. The number of carbonyl (C=O) groups is 1. The summed E-state index contributed by atoms with van der Waals surface area (Å²) in [6.45, 7) is 10.0. The second-order valence-corrected chi connectivity index (χ2v) is 6.56. The van der Waals surface area contributed by atoms with E-state index in [2.05, 4.69) is 23.8 Å². The van der Waals surface area contributed by atoms with Crippen molar-refractivity contribution in [2.45, 2.75) is 53.1 Å². The molecule has 138 valence electrons. The Bertz CT molecular complexity index is 877. The summed E-state index contributed by atoms with van der Waals surface area (Å²) >= 11 is 0. The highest BCUT2D eigenvalue weighted by molar-refractivity contribution is 5.82. The normalized spacial score (nSPS) is 14.0. The number of hydrogen-bond acceptors (Lipinski definition) is 4. The van der Waals surface area contributed by atoms with Crippen LogP contribution in [0, 0.1) is 0 Å². The first kappa shape index (κ1) is 19.1. The van der Waals surface area contributed by atoms with Crippen LogP contribution in [-0.4, -0.2) is 38.0 Å². The Kier molecular flexibility index (Phi) is 5.94. The van der Waals surface area contributed by atoms with Gasteiger partial charge in [-0.3, -0.25) is 19.1 Å². The third kappa shape index (κ3) is 3.73. The molecule has 0 saturated heterocycles. The number of aromatic nitrogens is 4. The second kappa shape index (κ2) is 7.77. The van der Waals surface area contributed by atoms with E-state index < -0.39 is 17.3 Å². The molecule has 25 heavy (non-hydrogen) atoms. The van der Waals surface area contributed by atoms with Crippen LogP contribution in [0.1, 0.15) is 52.4 Å². The number of aryl methyl sites for hydroxylation is 1. The number of carbonyl (C=O) groups excluding carboxylic acids is 1. The van der Waals surface area contributed by atoms with Gasteiger partial charge in [0.1, 0.15) is 6.54 Å². The topological polar surface area (TPSA) is 94.2 Å². The van der Waals surface area contributed by atoms with Gasteiger partial charge in [0.25, 0.3) is 5.56 Å². The van der Waals surface area contributed by atoms with Crippen LogP contribution in [0.3, 0.4) is 0 Å². The first-order valence-corrected chi connectivity index (χ1v) is 8.85. The number of ketones is 1. The first-order valence-electron chi connectivity index (χ1n) is 8.85. The van der Waals surface area contributed by atoms with Gasteiger partial charge in [0.05, 0.1) is 19.1 Å². The second-order valence-electron chi connectivity index (χ2n) is 6.56. The largest absolute Gasteiger partial charge is 0.329 e. The molecule has 0 aliphatic carbocycles. The fourth-order valence-corrected chi connectivity index (χ4v) is 3.01. The van der Waals surface area contributed by atoms with Crippen LogP contribution in [-0.2, 0) is 18.4 Å². The van der Waals surface area contributed by atoms with Gasteiger partial charge in [-0.25, -0.2) is 9.78 Å². The summed E-state index contributed by atoms with van der Waals surface area (Å²) in [5.41, 5.74) is -0.403. The van der Waals surface area contributed by atoms with Crippen LogP contribution in [0.5, 0.6) is 0 Å². The van der Waals surface area contributed by atoms with Crippen LogP contribution >= 0.6 is 0 Å². The van der Waals surface area contributed by atoms with Gasteiger partial charge in [-0.15, -0.1) is 0 Å². The number of H-pyrrole nitrogens is 1. The third-order valence-electron chi connectivity index (χ3n) is 4.79. The monoisotopic (exact) mass is 350 g/mol. The summed E-state index contributed by atoms with van der Waals surface area (Å²) in [4.78, 5) is 44.5. The van der Waals surface area contributed by atoms with Crippen molar-refractivity contribution in [2.75, 3.05) is 13.1 Å². The predicted octanol–water partition coefficient (Wildman–Crippen LogP) is -0.222. The Hall–Kier alpha value is -2.22. The molecule has 0 aromatic carbocycles. The third-order valence-corrected chi connectivity index (χ3v) is 4.79. The lowest BCUT2D eigenvalue weighted by molar-refractivity contribution is -0.913. The lowest BCUT2D eigenvalue weighted by atomic mass is 10.2. The quantitative estimate of drug-likeness (QED) is 0.688. The first-order chi connectivity index (χ1) is 11.8. The molecule has 0 aliphatic heterocycles. The molecule has 2 heterocycles. The molecule has 2 N–H and O–H groups in total. The van der Waals surface area contributed by atoms with Gasteiger partial charge < -0.3 is 9.47 Å². The maximum Gasteiger partial charge on any atom is 0.329 e. The minimum Gasteiger partial charge on any atom is -0.329 e.